The zero-order valence-corrected chi connectivity index (χ0v) is 19.6. The highest BCUT2D eigenvalue weighted by atomic mass is 35.5. The lowest BCUT2D eigenvalue weighted by molar-refractivity contribution is 0.0337. The van der Waals surface area contributed by atoms with E-state index >= 15 is 0 Å². The summed E-state index contributed by atoms with van der Waals surface area (Å²) < 4.78 is 3.20. The summed E-state index contributed by atoms with van der Waals surface area (Å²) >= 11 is 6.27. The fourth-order valence-corrected chi connectivity index (χ4v) is 4.21. The van der Waals surface area contributed by atoms with E-state index in [1.54, 1.807) is 23.9 Å². The molecule has 4 rings (SSSR count). The molecule has 2 aromatic heterocycles. The fraction of sp³-hybridized carbons (Fsp3) is 0.280. The molecule has 0 bridgehead atoms. The summed E-state index contributed by atoms with van der Waals surface area (Å²) in [5, 5.41) is 20.3. The van der Waals surface area contributed by atoms with Crippen LogP contribution in [-0.2, 0) is 25.1 Å². The van der Waals surface area contributed by atoms with Crippen molar-refractivity contribution in [1.29, 1.82) is 0 Å². The van der Waals surface area contributed by atoms with Crippen LogP contribution in [0.25, 0.3) is 11.1 Å². The van der Waals surface area contributed by atoms with Gasteiger partial charge in [-0.2, -0.15) is 0 Å². The van der Waals surface area contributed by atoms with Crippen molar-refractivity contribution in [2.45, 2.75) is 44.9 Å². The summed E-state index contributed by atoms with van der Waals surface area (Å²) in [5.74, 6) is 0. The topological polar surface area (TPSA) is 106 Å². The van der Waals surface area contributed by atoms with Gasteiger partial charge in [-0.05, 0) is 55.0 Å². The number of hydrogen-bond donors (Lipinski definition) is 2. The van der Waals surface area contributed by atoms with Crippen LogP contribution in [0.4, 0.5) is 0 Å². The lowest BCUT2D eigenvalue weighted by Crippen LogP contribution is -2.30. The number of aromatic amines is 1. The first-order valence-corrected chi connectivity index (χ1v) is 11.5. The van der Waals surface area contributed by atoms with Crippen molar-refractivity contribution in [2.75, 3.05) is 0 Å². The largest absolute Gasteiger partial charge is 0.383 e. The Morgan fingerprint density at radius 3 is 2.65 bits per heavy atom. The molecule has 0 aliphatic carbocycles. The molecule has 4 aromatic rings. The van der Waals surface area contributed by atoms with Gasteiger partial charge in [0.25, 0.3) is 5.56 Å². The average Bonchev–Trinajstić information content (AvgIpc) is 3.24. The average molecular weight is 480 g/mol. The Morgan fingerprint density at radius 2 is 1.88 bits per heavy atom. The number of halogens is 1. The minimum Gasteiger partial charge on any atom is -0.383 e. The molecular weight excluding hydrogens is 454 g/mol. The Labute approximate surface area is 201 Å². The van der Waals surface area contributed by atoms with Crippen molar-refractivity contribution in [3.63, 3.8) is 0 Å². The maximum absolute atomic E-state index is 11.8. The number of aliphatic hydroxyl groups is 1. The van der Waals surface area contributed by atoms with E-state index in [1.165, 1.54) is 16.8 Å². The molecule has 0 saturated heterocycles. The molecule has 0 unspecified atom stereocenters. The van der Waals surface area contributed by atoms with Crippen LogP contribution >= 0.6 is 11.6 Å². The summed E-state index contributed by atoms with van der Waals surface area (Å²) in [6.07, 6.45) is 5.41. The Morgan fingerprint density at radius 1 is 1.09 bits per heavy atom. The minimum absolute atomic E-state index is 0.225. The predicted octanol–water partition coefficient (Wildman–Crippen LogP) is 3.38. The number of nitrogens with one attached hydrogen (secondary N) is 1. The van der Waals surface area contributed by atoms with Crippen LogP contribution in [0.3, 0.4) is 0 Å². The quantitative estimate of drug-likeness (QED) is 0.358. The van der Waals surface area contributed by atoms with E-state index in [1.807, 2.05) is 42.5 Å². The van der Waals surface area contributed by atoms with E-state index in [-0.39, 0.29) is 6.54 Å². The van der Waals surface area contributed by atoms with E-state index in [2.05, 4.69) is 15.3 Å². The van der Waals surface area contributed by atoms with Gasteiger partial charge in [0, 0.05) is 23.8 Å². The first kappa shape index (κ1) is 23.7. The monoisotopic (exact) mass is 479 g/mol. The van der Waals surface area contributed by atoms with Crippen molar-refractivity contribution in [2.24, 2.45) is 0 Å². The highest BCUT2D eigenvalue weighted by Gasteiger charge is 2.28. The zero-order chi connectivity index (χ0) is 24.1. The Balaban J connectivity index is 1.46. The maximum atomic E-state index is 11.8. The Kier molecular flexibility index (Phi) is 7.09. The summed E-state index contributed by atoms with van der Waals surface area (Å²) in [6.45, 7) is 2.49. The van der Waals surface area contributed by atoms with Gasteiger partial charge in [-0.1, -0.05) is 53.2 Å². The first-order valence-electron chi connectivity index (χ1n) is 11.1. The molecule has 2 aromatic carbocycles. The number of H-pyrrole nitrogens is 1. The van der Waals surface area contributed by atoms with Crippen molar-refractivity contribution in [3.05, 3.63) is 104 Å². The molecule has 1 atom stereocenters. The summed E-state index contributed by atoms with van der Waals surface area (Å²) in [7, 11) is 0. The molecule has 9 heteroatoms. The highest BCUT2D eigenvalue weighted by molar-refractivity contribution is 6.30. The third-order valence-corrected chi connectivity index (χ3v) is 6.02. The van der Waals surface area contributed by atoms with Crippen molar-refractivity contribution >= 4 is 11.6 Å². The lowest BCUT2D eigenvalue weighted by Gasteiger charge is -2.27. The molecule has 0 saturated carbocycles. The second-order valence-electron chi connectivity index (χ2n) is 8.47. The summed E-state index contributed by atoms with van der Waals surface area (Å²) in [6, 6.07) is 16.6. The third-order valence-electron chi connectivity index (χ3n) is 5.78. The number of hydrogen-bond acceptors (Lipinski definition) is 5. The van der Waals surface area contributed by atoms with Gasteiger partial charge < -0.3 is 9.67 Å². The van der Waals surface area contributed by atoms with Gasteiger partial charge in [0.2, 0.25) is 0 Å². The third kappa shape index (κ3) is 5.52. The van der Waals surface area contributed by atoms with Crippen LogP contribution in [0.5, 0.6) is 0 Å². The van der Waals surface area contributed by atoms with Crippen LogP contribution < -0.4 is 11.2 Å². The number of benzene rings is 2. The van der Waals surface area contributed by atoms with Gasteiger partial charge in [-0.3, -0.25) is 9.78 Å². The van der Waals surface area contributed by atoms with Crippen LogP contribution in [0, 0.1) is 0 Å². The van der Waals surface area contributed by atoms with E-state index in [0.29, 0.717) is 18.0 Å². The first-order chi connectivity index (χ1) is 16.3. The molecule has 34 heavy (non-hydrogen) atoms. The van der Waals surface area contributed by atoms with Gasteiger partial charge in [0.1, 0.15) is 5.60 Å². The number of rotatable bonds is 9. The smallest absolute Gasteiger partial charge is 0.328 e. The van der Waals surface area contributed by atoms with Crippen LogP contribution in [0.2, 0.25) is 5.02 Å². The SMILES string of the molecule is C[C@@](O)(Cn1nncc1CCCCn1ccc(=O)[nH]c1=O)c1ccc(Cl)cc1-c1ccccc1. The second-order valence-corrected chi connectivity index (χ2v) is 8.91. The lowest BCUT2D eigenvalue weighted by atomic mass is 9.88. The minimum atomic E-state index is -1.22. The molecule has 0 amide bonds. The molecule has 0 fully saturated rings. The van der Waals surface area contributed by atoms with Crippen LogP contribution in [-0.4, -0.2) is 29.7 Å². The van der Waals surface area contributed by atoms with E-state index < -0.39 is 16.9 Å². The van der Waals surface area contributed by atoms with Gasteiger partial charge in [-0.25, -0.2) is 9.48 Å². The molecule has 0 aliphatic rings. The van der Waals surface area contributed by atoms with E-state index in [4.69, 9.17) is 11.6 Å². The van der Waals surface area contributed by atoms with Crippen LogP contribution in [0.15, 0.2) is 76.6 Å². The Bertz CT molecular complexity index is 1380. The molecule has 8 nitrogen and oxygen atoms in total. The fourth-order valence-electron chi connectivity index (χ4n) is 4.03. The molecule has 2 heterocycles. The number of nitrogens with zero attached hydrogens (tertiary/aromatic N) is 4. The van der Waals surface area contributed by atoms with Crippen molar-refractivity contribution in [1.82, 2.24) is 24.5 Å². The van der Waals surface area contributed by atoms with E-state index in [0.717, 1.165) is 35.2 Å². The van der Waals surface area contributed by atoms with Crippen molar-refractivity contribution in [3.8, 4) is 11.1 Å². The number of aryl methyl sites for hydroxylation is 2. The van der Waals surface area contributed by atoms with Gasteiger partial charge in [0.05, 0.1) is 18.4 Å². The van der Waals surface area contributed by atoms with E-state index in [9.17, 15) is 14.7 Å². The number of unbranched alkanes of at least 4 members (excludes halogenated alkanes) is 1. The summed E-state index contributed by atoms with van der Waals surface area (Å²) in [4.78, 5) is 25.2. The molecule has 0 aliphatic heterocycles. The molecule has 176 valence electrons. The molecular formula is C25H26ClN5O3. The van der Waals surface area contributed by atoms with Gasteiger partial charge in [-0.15, -0.1) is 5.10 Å². The standard InChI is InChI=1S/C25H26ClN5O3/c1-25(34,22-11-10-19(26)15-21(22)18-7-3-2-4-8-18)17-31-20(16-27-29-31)9-5-6-13-30-14-12-23(32)28-24(30)33/h2-4,7-8,10-12,14-16,34H,5-6,9,13,17H2,1H3,(H,28,32,33)/t25-/m1/s1. The van der Waals surface area contributed by atoms with Gasteiger partial charge in [0.15, 0.2) is 0 Å². The van der Waals surface area contributed by atoms with Gasteiger partial charge >= 0.3 is 5.69 Å². The molecule has 0 spiro atoms. The number of aromatic nitrogens is 5. The molecule has 2 N–H and O–H groups in total. The Hall–Kier alpha value is -3.49. The zero-order valence-electron chi connectivity index (χ0n) is 18.8. The molecule has 0 radical (unpaired) electrons. The predicted molar refractivity (Wildman–Crippen MR) is 131 cm³/mol. The normalized spacial score (nSPS) is 13.0. The summed E-state index contributed by atoms with van der Waals surface area (Å²) in [5.41, 5.74) is 1.45. The van der Waals surface area contributed by atoms with Crippen LogP contribution in [0.1, 0.15) is 31.0 Å². The van der Waals surface area contributed by atoms with Crippen molar-refractivity contribution < 1.29 is 5.11 Å². The second kappa shape index (κ2) is 10.2. The maximum Gasteiger partial charge on any atom is 0.328 e. The highest BCUT2D eigenvalue weighted by Crippen LogP contribution is 2.35.